The van der Waals surface area contributed by atoms with Crippen molar-refractivity contribution in [3.63, 3.8) is 0 Å². The molecule has 0 aliphatic heterocycles. The van der Waals surface area contributed by atoms with Crippen LogP contribution >= 0.6 is 11.6 Å². The number of nitrogens with zero attached hydrogens (tertiary/aromatic N) is 1. The zero-order chi connectivity index (χ0) is 22.5. The van der Waals surface area contributed by atoms with Crippen LogP contribution < -0.4 is 5.32 Å². The summed E-state index contributed by atoms with van der Waals surface area (Å²) in [7, 11) is 0. The number of carboxylic acid groups (broad SMARTS) is 2. The van der Waals surface area contributed by atoms with E-state index in [2.05, 4.69) is 5.32 Å². The van der Waals surface area contributed by atoms with E-state index in [0.29, 0.717) is 11.3 Å². The molecule has 0 saturated carbocycles. The van der Waals surface area contributed by atoms with Gasteiger partial charge in [0, 0.05) is 17.3 Å². The van der Waals surface area contributed by atoms with Gasteiger partial charge in [0.1, 0.15) is 23.2 Å². The van der Waals surface area contributed by atoms with Crippen molar-refractivity contribution in [2.24, 2.45) is 0 Å². The van der Waals surface area contributed by atoms with E-state index in [1.54, 1.807) is 12.1 Å². The highest BCUT2D eigenvalue weighted by atomic mass is 35.5. The Morgan fingerprint density at radius 2 is 1.81 bits per heavy atom. The molecule has 1 heterocycles. The van der Waals surface area contributed by atoms with Crippen molar-refractivity contribution in [1.29, 1.82) is 5.26 Å². The molecule has 0 aliphatic carbocycles. The Morgan fingerprint density at radius 1 is 1.03 bits per heavy atom. The minimum atomic E-state index is -1.15. The molecule has 154 valence electrons. The van der Waals surface area contributed by atoms with E-state index in [-0.39, 0.29) is 33.2 Å². The summed E-state index contributed by atoms with van der Waals surface area (Å²) in [6.07, 6.45) is 1.23. The molecule has 1 amide bonds. The maximum absolute atomic E-state index is 12.4. The maximum atomic E-state index is 12.4. The fourth-order valence-electron chi connectivity index (χ4n) is 2.65. The highest BCUT2D eigenvalue weighted by Gasteiger charge is 2.14. The second kappa shape index (κ2) is 8.98. The number of rotatable bonds is 6. The van der Waals surface area contributed by atoms with Gasteiger partial charge in [-0.1, -0.05) is 23.7 Å². The summed E-state index contributed by atoms with van der Waals surface area (Å²) >= 11 is 5.97. The van der Waals surface area contributed by atoms with Crippen LogP contribution in [0.2, 0.25) is 5.02 Å². The van der Waals surface area contributed by atoms with Crippen LogP contribution in [0.1, 0.15) is 26.5 Å². The molecular weight excluding hydrogens is 424 g/mol. The van der Waals surface area contributed by atoms with Gasteiger partial charge in [0.25, 0.3) is 5.91 Å². The summed E-state index contributed by atoms with van der Waals surface area (Å²) in [5.41, 5.74) is 0.416. The monoisotopic (exact) mass is 436 g/mol. The van der Waals surface area contributed by atoms with Crippen molar-refractivity contribution in [1.82, 2.24) is 0 Å². The van der Waals surface area contributed by atoms with E-state index in [0.717, 1.165) is 0 Å². The lowest BCUT2D eigenvalue weighted by atomic mass is 10.1. The highest BCUT2D eigenvalue weighted by molar-refractivity contribution is 6.33. The van der Waals surface area contributed by atoms with Crippen molar-refractivity contribution in [3.05, 3.63) is 82.1 Å². The summed E-state index contributed by atoms with van der Waals surface area (Å²) < 4.78 is 5.62. The SMILES string of the molecule is N#C/C(=C/c1ccc(-c2ccc(C(=O)O)c(Cl)c2)o1)C(=O)Nc1cccc(C(=O)O)c1. The van der Waals surface area contributed by atoms with E-state index in [1.165, 1.54) is 54.6 Å². The lowest BCUT2D eigenvalue weighted by molar-refractivity contribution is -0.112. The summed E-state index contributed by atoms with van der Waals surface area (Å²) in [6.45, 7) is 0. The number of hydrogen-bond acceptors (Lipinski definition) is 5. The van der Waals surface area contributed by atoms with Gasteiger partial charge < -0.3 is 19.9 Å². The molecule has 0 saturated heterocycles. The minimum Gasteiger partial charge on any atom is -0.478 e. The van der Waals surface area contributed by atoms with Crippen molar-refractivity contribution in [2.45, 2.75) is 0 Å². The molecule has 8 nitrogen and oxygen atoms in total. The van der Waals surface area contributed by atoms with Gasteiger partial charge in [0.05, 0.1) is 16.1 Å². The fourth-order valence-corrected chi connectivity index (χ4v) is 2.91. The van der Waals surface area contributed by atoms with Crippen molar-refractivity contribution in [3.8, 4) is 17.4 Å². The minimum absolute atomic E-state index is 0.0106. The van der Waals surface area contributed by atoms with E-state index in [4.69, 9.17) is 26.2 Å². The van der Waals surface area contributed by atoms with E-state index < -0.39 is 17.8 Å². The average molecular weight is 437 g/mol. The third kappa shape index (κ3) is 4.98. The number of hydrogen-bond donors (Lipinski definition) is 3. The predicted molar refractivity (Wildman–Crippen MR) is 112 cm³/mol. The Bertz CT molecular complexity index is 1270. The van der Waals surface area contributed by atoms with Crippen molar-refractivity contribution in [2.75, 3.05) is 5.32 Å². The molecule has 0 unspecified atom stereocenters. The van der Waals surface area contributed by atoms with E-state index >= 15 is 0 Å². The number of carboxylic acids is 2. The number of nitriles is 1. The maximum Gasteiger partial charge on any atom is 0.337 e. The Labute approximate surface area is 180 Å². The first-order valence-electron chi connectivity index (χ1n) is 8.68. The van der Waals surface area contributed by atoms with Crippen molar-refractivity contribution < 1.29 is 29.0 Å². The van der Waals surface area contributed by atoms with Crippen LogP contribution in [0, 0.1) is 11.3 Å². The first kappa shape index (κ1) is 21.4. The van der Waals surface area contributed by atoms with Gasteiger partial charge in [0.15, 0.2) is 0 Å². The zero-order valence-corrected chi connectivity index (χ0v) is 16.4. The molecule has 9 heteroatoms. The highest BCUT2D eigenvalue weighted by Crippen LogP contribution is 2.28. The topological polar surface area (TPSA) is 141 Å². The third-order valence-electron chi connectivity index (χ3n) is 4.13. The molecule has 3 rings (SSSR count). The summed E-state index contributed by atoms with van der Waals surface area (Å²) in [6, 6.07) is 14.8. The second-order valence-corrected chi connectivity index (χ2v) is 6.62. The van der Waals surface area contributed by atoms with Gasteiger partial charge in [0.2, 0.25) is 0 Å². The van der Waals surface area contributed by atoms with Crippen LogP contribution in [0.15, 0.2) is 64.6 Å². The van der Waals surface area contributed by atoms with Crippen LogP contribution in [0.5, 0.6) is 0 Å². The molecule has 2 aromatic carbocycles. The van der Waals surface area contributed by atoms with E-state index in [9.17, 15) is 19.6 Å². The number of nitrogens with one attached hydrogen (secondary N) is 1. The average Bonchev–Trinajstić information content (AvgIpc) is 3.20. The molecular formula is C22H13ClN2O6. The number of carbonyl (C=O) groups is 3. The van der Waals surface area contributed by atoms with E-state index in [1.807, 2.05) is 0 Å². The quantitative estimate of drug-likeness (QED) is 0.380. The molecule has 0 fully saturated rings. The molecule has 3 aromatic rings. The lowest BCUT2D eigenvalue weighted by Gasteiger charge is -2.05. The molecule has 0 spiro atoms. The third-order valence-corrected chi connectivity index (χ3v) is 4.44. The number of carbonyl (C=O) groups excluding carboxylic acids is 1. The Kier molecular flexibility index (Phi) is 6.19. The standard InChI is InChI=1S/C22H13ClN2O6/c23-18-10-12(4-6-17(18)22(29)30)19-7-5-16(31-19)9-14(11-24)20(26)25-15-3-1-2-13(8-15)21(27)28/h1-10H,(H,25,26)(H,27,28)(H,29,30)/b14-9-. The van der Waals surface area contributed by atoms with Crippen LogP contribution in [0.25, 0.3) is 17.4 Å². The van der Waals surface area contributed by atoms with Crippen LogP contribution in [0.3, 0.4) is 0 Å². The summed E-state index contributed by atoms with van der Waals surface area (Å²) in [5.74, 6) is -2.47. The lowest BCUT2D eigenvalue weighted by Crippen LogP contribution is -2.13. The molecule has 1 aromatic heterocycles. The Morgan fingerprint density at radius 3 is 2.45 bits per heavy atom. The van der Waals surface area contributed by atoms with Gasteiger partial charge in [-0.25, -0.2) is 9.59 Å². The molecule has 0 atom stereocenters. The van der Waals surface area contributed by atoms with Crippen molar-refractivity contribution >= 4 is 41.2 Å². The number of aromatic carboxylic acids is 2. The molecule has 0 bridgehead atoms. The van der Waals surface area contributed by atoms with Gasteiger partial charge in [-0.15, -0.1) is 0 Å². The molecule has 3 N–H and O–H groups in total. The number of benzene rings is 2. The number of amides is 1. The Balaban J connectivity index is 1.81. The molecule has 0 aliphatic rings. The number of anilines is 1. The summed E-state index contributed by atoms with van der Waals surface area (Å²) in [5, 5.41) is 29.9. The van der Waals surface area contributed by atoms with Gasteiger partial charge in [-0.3, -0.25) is 4.79 Å². The largest absolute Gasteiger partial charge is 0.478 e. The number of halogens is 1. The summed E-state index contributed by atoms with van der Waals surface area (Å²) in [4.78, 5) is 34.5. The predicted octanol–water partition coefficient (Wildman–Crippen LogP) is 4.54. The zero-order valence-electron chi connectivity index (χ0n) is 15.6. The normalized spacial score (nSPS) is 10.9. The molecule has 0 radical (unpaired) electrons. The first-order valence-corrected chi connectivity index (χ1v) is 9.06. The first-order chi connectivity index (χ1) is 14.8. The smallest absolute Gasteiger partial charge is 0.337 e. The second-order valence-electron chi connectivity index (χ2n) is 6.21. The fraction of sp³-hybridized carbons (Fsp3) is 0. The van der Waals surface area contributed by atoms with Crippen LogP contribution in [-0.2, 0) is 4.79 Å². The van der Waals surface area contributed by atoms with Crippen LogP contribution in [-0.4, -0.2) is 28.1 Å². The Hall–Kier alpha value is -4.35. The van der Waals surface area contributed by atoms with Crippen LogP contribution in [0.4, 0.5) is 5.69 Å². The number of furan rings is 1. The molecule has 31 heavy (non-hydrogen) atoms. The van der Waals surface area contributed by atoms with Gasteiger partial charge >= 0.3 is 11.9 Å². The van der Waals surface area contributed by atoms with Gasteiger partial charge in [-0.2, -0.15) is 5.26 Å². The van der Waals surface area contributed by atoms with Gasteiger partial charge in [-0.05, 0) is 42.5 Å².